The van der Waals surface area contributed by atoms with Gasteiger partial charge in [-0.1, -0.05) is 0 Å². The van der Waals surface area contributed by atoms with Crippen LogP contribution >= 0.6 is 0 Å². The number of fused-ring (bicyclic) bond motifs is 3. The molecule has 0 aliphatic carbocycles. The van der Waals surface area contributed by atoms with Crippen molar-refractivity contribution in [3.8, 4) is 34.5 Å². The van der Waals surface area contributed by atoms with Gasteiger partial charge in [-0.25, -0.2) is 0 Å². The van der Waals surface area contributed by atoms with E-state index < -0.39 is 0 Å². The average Bonchev–Trinajstić information content (AvgIpc) is 4.16. The fourth-order valence-corrected chi connectivity index (χ4v) is 7.76. The van der Waals surface area contributed by atoms with E-state index in [1.807, 2.05) is 0 Å². The molecule has 6 aromatic rings. The predicted octanol–water partition coefficient (Wildman–Crippen LogP) is 5.39. The van der Waals surface area contributed by atoms with Crippen LogP contribution in [-0.2, 0) is 14.2 Å². The van der Waals surface area contributed by atoms with Crippen molar-refractivity contribution in [2.24, 2.45) is 0 Å². The van der Waals surface area contributed by atoms with Gasteiger partial charge in [0, 0.05) is 57.5 Å². The number of hydrogen-bond acceptors (Lipinski definition) is 17. The van der Waals surface area contributed by atoms with Gasteiger partial charge in [0.25, 0.3) is 17.7 Å². The number of morpholine rings is 3. The van der Waals surface area contributed by atoms with E-state index in [1.54, 1.807) is 65.3 Å². The Bertz CT molecular complexity index is 2570. The van der Waals surface area contributed by atoms with Crippen LogP contribution in [0.5, 0.6) is 34.5 Å². The molecule has 3 aliphatic rings. The Morgan fingerprint density at radius 2 is 0.791 bits per heavy atom. The van der Waals surface area contributed by atoms with Crippen molar-refractivity contribution in [2.45, 2.75) is 0 Å². The minimum absolute atomic E-state index is 0.140. The van der Waals surface area contributed by atoms with E-state index in [2.05, 4.69) is 0 Å². The molecule has 67 heavy (non-hydrogen) atoms. The standard InChI is InChI=1S/2C16H17NO6.C15H17NO5/c1-20-12-7-10(9-18)14(21-2)11-8-13(23-15(11)12)16(19)17-3-5-22-6-4-17;1-20-12-7-10(9-18)14(21-2)15-11(12)8-13(23-15)16(19)17-3-5-22-6-4-17;1-18-11-3-4-12(19-2)14-10(11)9-13(21-14)15(17)16-5-7-20-8-6-16/h2*7-9H,3-6H2,1-2H3;3-4,9H,5-8H2,1-2H3. The molecule has 0 atom stereocenters. The fourth-order valence-electron chi connectivity index (χ4n) is 7.76. The number of nitrogens with zero attached hydrogens (tertiary/aromatic N) is 3. The monoisotopic (exact) mass is 929 g/mol. The van der Waals surface area contributed by atoms with Crippen molar-refractivity contribution in [3.05, 3.63) is 70.9 Å². The summed E-state index contributed by atoms with van der Waals surface area (Å²) in [5.41, 5.74) is 1.87. The summed E-state index contributed by atoms with van der Waals surface area (Å²) in [5, 5.41) is 1.85. The lowest BCUT2D eigenvalue weighted by molar-refractivity contribution is 0.0283. The van der Waals surface area contributed by atoms with Gasteiger partial charge < -0.3 is 70.6 Å². The van der Waals surface area contributed by atoms with Crippen LogP contribution in [0.15, 0.2) is 55.7 Å². The van der Waals surface area contributed by atoms with Gasteiger partial charge in [-0.2, -0.15) is 0 Å². The summed E-state index contributed by atoms with van der Waals surface area (Å²) in [5.74, 6) is 2.77. The largest absolute Gasteiger partial charge is 0.496 e. The molecule has 20 nitrogen and oxygen atoms in total. The zero-order chi connectivity index (χ0) is 47.6. The molecule has 0 bridgehead atoms. The molecule has 3 saturated heterocycles. The third-order valence-corrected chi connectivity index (χ3v) is 11.2. The van der Waals surface area contributed by atoms with Gasteiger partial charge >= 0.3 is 0 Å². The molecule has 0 radical (unpaired) electrons. The third-order valence-electron chi connectivity index (χ3n) is 11.2. The van der Waals surface area contributed by atoms with E-state index in [-0.39, 0.29) is 40.8 Å². The topological polar surface area (TPSA) is 218 Å². The first-order valence-electron chi connectivity index (χ1n) is 21.2. The van der Waals surface area contributed by atoms with E-state index in [9.17, 15) is 24.0 Å². The molecule has 9 rings (SSSR count). The van der Waals surface area contributed by atoms with Gasteiger partial charge in [0.15, 0.2) is 63.9 Å². The Hall–Kier alpha value is -7.29. The molecule has 3 fully saturated rings. The second-order valence-corrected chi connectivity index (χ2v) is 14.9. The molecule has 3 amide bonds. The highest BCUT2D eigenvalue weighted by atomic mass is 16.5. The number of carbonyl (C=O) groups excluding carboxylic acids is 5. The number of hydrogen-bond donors (Lipinski definition) is 0. The van der Waals surface area contributed by atoms with E-state index in [4.69, 9.17) is 55.9 Å². The van der Waals surface area contributed by atoms with E-state index >= 15 is 0 Å². The van der Waals surface area contributed by atoms with Gasteiger partial charge in [-0.05, 0) is 24.3 Å². The summed E-state index contributed by atoms with van der Waals surface area (Å²) in [6, 6.07) is 11.5. The third kappa shape index (κ3) is 9.96. The molecule has 0 unspecified atom stereocenters. The number of ether oxygens (including phenoxy) is 9. The maximum Gasteiger partial charge on any atom is 0.289 e. The Kier molecular flexibility index (Phi) is 15.5. The molecular formula is C47H51N3O17. The van der Waals surface area contributed by atoms with Crippen molar-refractivity contribution in [1.82, 2.24) is 14.7 Å². The Labute approximate surface area is 383 Å². The molecule has 3 aromatic carbocycles. The summed E-state index contributed by atoms with van der Waals surface area (Å²) < 4.78 is 64.5. The van der Waals surface area contributed by atoms with Gasteiger partial charge in [-0.3, -0.25) is 24.0 Å². The summed E-state index contributed by atoms with van der Waals surface area (Å²) in [6.07, 6.45) is 1.34. The summed E-state index contributed by atoms with van der Waals surface area (Å²) in [7, 11) is 9.02. The van der Waals surface area contributed by atoms with Crippen LogP contribution in [0.4, 0.5) is 0 Å². The zero-order valence-corrected chi connectivity index (χ0v) is 38.0. The smallest absolute Gasteiger partial charge is 0.289 e. The Morgan fingerprint density at radius 1 is 0.433 bits per heavy atom. The number of methoxy groups -OCH3 is 6. The number of amides is 3. The van der Waals surface area contributed by atoms with E-state index in [0.717, 1.165) is 5.39 Å². The number of carbonyl (C=O) groups is 5. The second kappa shape index (κ2) is 21.8. The lowest BCUT2D eigenvalue weighted by Crippen LogP contribution is -2.40. The van der Waals surface area contributed by atoms with Crippen LogP contribution in [0.25, 0.3) is 32.9 Å². The minimum Gasteiger partial charge on any atom is -0.496 e. The van der Waals surface area contributed by atoms with Crippen LogP contribution in [-0.4, -0.2) is 167 Å². The van der Waals surface area contributed by atoms with Crippen LogP contribution in [0.1, 0.15) is 52.4 Å². The molecule has 3 aromatic heterocycles. The van der Waals surface area contributed by atoms with Gasteiger partial charge in [0.2, 0.25) is 0 Å². The minimum atomic E-state index is -0.221. The van der Waals surface area contributed by atoms with Crippen LogP contribution in [0.2, 0.25) is 0 Å². The average molecular weight is 930 g/mol. The predicted molar refractivity (Wildman–Crippen MR) is 239 cm³/mol. The Morgan fingerprint density at radius 3 is 1.21 bits per heavy atom. The number of benzene rings is 3. The number of aldehydes is 2. The highest BCUT2D eigenvalue weighted by Gasteiger charge is 2.28. The quantitative estimate of drug-likeness (QED) is 0.149. The van der Waals surface area contributed by atoms with Crippen molar-refractivity contribution in [2.75, 3.05) is 122 Å². The summed E-state index contributed by atoms with van der Waals surface area (Å²) in [6.45, 7) is 6.36. The molecule has 3 aliphatic heterocycles. The van der Waals surface area contributed by atoms with Gasteiger partial charge in [-0.15, -0.1) is 0 Å². The van der Waals surface area contributed by atoms with E-state index in [1.165, 1.54) is 34.5 Å². The van der Waals surface area contributed by atoms with E-state index in [0.29, 0.717) is 159 Å². The van der Waals surface area contributed by atoms with Crippen molar-refractivity contribution in [3.63, 3.8) is 0 Å². The summed E-state index contributed by atoms with van der Waals surface area (Å²) in [4.78, 5) is 65.1. The molecule has 0 saturated carbocycles. The highest BCUT2D eigenvalue weighted by Crippen LogP contribution is 2.40. The zero-order valence-electron chi connectivity index (χ0n) is 38.0. The maximum atomic E-state index is 12.5. The van der Waals surface area contributed by atoms with Crippen LogP contribution < -0.4 is 28.4 Å². The summed E-state index contributed by atoms with van der Waals surface area (Å²) >= 11 is 0. The number of furan rings is 3. The SMILES string of the molecule is COc1c(C=O)cc(OC)c2oc(C(=O)N3CCOCC3)cc12.COc1cc(C=O)c(OC)c2oc(C(=O)N3CCOCC3)cc12.COc1ccc(OC)c2oc(C(=O)N3CCOCC3)cc12. The maximum absolute atomic E-state index is 12.5. The highest BCUT2D eigenvalue weighted by molar-refractivity contribution is 6.04. The van der Waals surface area contributed by atoms with Crippen molar-refractivity contribution in [1.29, 1.82) is 0 Å². The van der Waals surface area contributed by atoms with Crippen LogP contribution in [0.3, 0.4) is 0 Å². The second-order valence-electron chi connectivity index (χ2n) is 14.9. The molecule has 20 heteroatoms. The fraction of sp³-hybridized carbons (Fsp3) is 0.383. The van der Waals surface area contributed by atoms with Gasteiger partial charge in [0.1, 0.15) is 17.2 Å². The molecule has 0 N–H and O–H groups in total. The first kappa shape index (κ1) is 47.7. The molecule has 6 heterocycles. The first-order valence-corrected chi connectivity index (χ1v) is 21.2. The molecular weight excluding hydrogens is 879 g/mol. The first-order chi connectivity index (χ1) is 32.6. The van der Waals surface area contributed by atoms with Crippen molar-refractivity contribution >= 4 is 63.2 Å². The number of rotatable bonds is 11. The lowest BCUT2D eigenvalue weighted by atomic mass is 10.1. The van der Waals surface area contributed by atoms with Crippen LogP contribution in [0, 0.1) is 0 Å². The van der Waals surface area contributed by atoms with Crippen molar-refractivity contribution < 1.29 is 79.9 Å². The molecule has 356 valence electrons. The normalized spacial score (nSPS) is 14.9. The van der Waals surface area contributed by atoms with Gasteiger partial charge in [0.05, 0.1) is 110 Å². The Balaban J connectivity index is 0.000000149. The lowest BCUT2D eigenvalue weighted by Gasteiger charge is -2.25. The molecule has 0 spiro atoms.